The number of hydrogen-bond acceptors (Lipinski definition) is 2. The minimum Gasteiger partial charge on any atom is -0.311 e. The topological polar surface area (TPSA) is 15.3 Å². The van der Waals surface area contributed by atoms with Crippen molar-refractivity contribution in [1.82, 2.24) is 10.2 Å². The molecule has 0 saturated carbocycles. The van der Waals surface area contributed by atoms with Crippen LogP contribution in [0.15, 0.2) is 22.7 Å². The Balaban J connectivity index is 2.10. The summed E-state index contributed by atoms with van der Waals surface area (Å²) in [5, 5.41) is 3.61. The Labute approximate surface area is 129 Å². The third-order valence-electron chi connectivity index (χ3n) is 4.13. The summed E-state index contributed by atoms with van der Waals surface area (Å²) in [5.74, 6) is -0.127. The highest BCUT2D eigenvalue weighted by Gasteiger charge is 2.32. The Hall–Kier alpha value is -0.450. The minimum absolute atomic E-state index is 0.127. The van der Waals surface area contributed by atoms with E-state index in [1.54, 1.807) is 6.07 Å². The van der Waals surface area contributed by atoms with Gasteiger partial charge in [-0.15, -0.1) is 0 Å². The van der Waals surface area contributed by atoms with Gasteiger partial charge in [-0.05, 0) is 24.5 Å². The lowest BCUT2D eigenvalue weighted by molar-refractivity contribution is 0.0868. The van der Waals surface area contributed by atoms with Gasteiger partial charge in [0.1, 0.15) is 5.82 Å². The number of hydrogen-bond donors (Lipinski definition) is 1. The Kier molecular flexibility index (Phi) is 4.88. The average molecular weight is 343 g/mol. The van der Waals surface area contributed by atoms with E-state index in [0.29, 0.717) is 18.6 Å². The van der Waals surface area contributed by atoms with Gasteiger partial charge in [0, 0.05) is 41.8 Å². The van der Waals surface area contributed by atoms with Crippen molar-refractivity contribution in [2.75, 3.05) is 13.1 Å². The molecular weight excluding hydrogens is 319 g/mol. The molecule has 0 amide bonds. The molecule has 1 aromatic carbocycles. The van der Waals surface area contributed by atoms with Crippen molar-refractivity contribution in [1.29, 1.82) is 0 Å². The van der Waals surface area contributed by atoms with Crippen molar-refractivity contribution in [2.24, 2.45) is 5.41 Å². The van der Waals surface area contributed by atoms with Crippen molar-refractivity contribution in [2.45, 2.75) is 46.3 Å². The van der Waals surface area contributed by atoms with Crippen molar-refractivity contribution >= 4 is 15.9 Å². The Morgan fingerprint density at radius 3 is 2.70 bits per heavy atom. The van der Waals surface area contributed by atoms with Crippen LogP contribution >= 0.6 is 15.9 Å². The van der Waals surface area contributed by atoms with Crippen molar-refractivity contribution in [3.8, 4) is 0 Å². The van der Waals surface area contributed by atoms with Crippen molar-refractivity contribution in [3.63, 3.8) is 0 Å². The van der Waals surface area contributed by atoms with Gasteiger partial charge in [-0.3, -0.25) is 4.90 Å². The fourth-order valence-corrected chi connectivity index (χ4v) is 2.92. The lowest BCUT2D eigenvalue weighted by atomic mass is 9.84. The molecule has 2 atom stereocenters. The van der Waals surface area contributed by atoms with E-state index in [-0.39, 0.29) is 11.2 Å². The molecule has 0 bridgehead atoms. The first kappa shape index (κ1) is 15.9. The van der Waals surface area contributed by atoms with Gasteiger partial charge in [-0.2, -0.15) is 0 Å². The molecule has 20 heavy (non-hydrogen) atoms. The van der Waals surface area contributed by atoms with Gasteiger partial charge in [-0.1, -0.05) is 42.8 Å². The molecule has 0 radical (unpaired) electrons. The molecule has 1 aromatic rings. The Morgan fingerprint density at radius 1 is 1.40 bits per heavy atom. The third kappa shape index (κ3) is 3.80. The first-order valence-corrected chi connectivity index (χ1v) is 7.98. The highest BCUT2D eigenvalue weighted by molar-refractivity contribution is 9.10. The molecular formula is C16H24BrFN2. The lowest BCUT2D eigenvalue weighted by Crippen LogP contribution is -2.59. The van der Waals surface area contributed by atoms with E-state index in [1.165, 1.54) is 0 Å². The molecule has 1 fully saturated rings. The summed E-state index contributed by atoms with van der Waals surface area (Å²) >= 11 is 3.31. The van der Waals surface area contributed by atoms with E-state index < -0.39 is 0 Å². The molecule has 1 aliphatic heterocycles. The molecule has 2 nitrogen and oxygen atoms in total. The van der Waals surface area contributed by atoms with E-state index in [2.05, 4.69) is 53.8 Å². The molecule has 1 aliphatic rings. The number of nitrogens with one attached hydrogen (secondary N) is 1. The fourth-order valence-electron chi connectivity index (χ4n) is 2.59. The molecule has 2 rings (SSSR count). The van der Waals surface area contributed by atoms with Gasteiger partial charge in [-0.25, -0.2) is 4.39 Å². The summed E-state index contributed by atoms with van der Waals surface area (Å²) in [6, 6.07) is 6.20. The zero-order valence-electron chi connectivity index (χ0n) is 12.7. The summed E-state index contributed by atoms with van der Waals surface area (Å²) in [7, 11) is 0. The molecule has 2 unspecified atom stereocenters. The maximum atomic E-state index is 14.0. The maximum absolute atomic E-state index is 14.0. The third-order valence-corrected chi connectivity index (χ3v) is 4.63. The van der Waals surface area contributed by atoms with E-state index in [4.69, 9.17) is 0 Å². The van der Waals surface area contributed by atoms with Crippen molar-refractivity contribution < 1.29 is 4.39 Å². The van der Waals surface area contributed by atoms with Crippen LogP contribution in [0, 0.1) is 11.2 Å². The summed E-state index contributed by atoms with van der Waals surface area (Å²) in [4.78, 5) is 2.37. The second-order valence-corrected chi connectivity index (χ2v) is 7.76. The Bertz CT molecular complexity index is 470. The summed E-state index contributed by atoms with van der Waals surface area (Å²) in [6.07, 6.45) is 0. The summed E-state index contributed by atoms with van der Waals surface area (Å²) < 4.78 is 14.8. The maximum Gasteiger partial charge on any atom is 0.128 e. The number of nitrogens with zero attached hydrogens (tertiary/aromatic N) is 1. The average Bonchev–Trinajstić information content (AvgIpc) is 2.33. The van der Waals surface area contributed by atoms with Crippen LogP contribution in [0.1, 0.15) is 33.3 Å². The molecule has 1 N–H and O–H groups in total. The standard InChI is InChI=1S/C16H24BrFN2/c1-11-8-19-15(16(2,3)4)10-20(11)9-12-5-6-13(17)7-14(12)18/h5-7,11,15,19H,8-10H2,1-4H3. The Morgan fingerprint density at radius 2 is 2.10 bits per heavy atom. The van der Waals surface area contributed by atoms with Crippen LogP contribution in [0.5, 0.6) is 0 Å². The predicted octanol–water partition coefficient (Wildman–Crippen LogP) is 3.80. The van der Waals surface area contributed by atoms with Crippen LogP contribution in [0.3, 0.4) is 0 Å². The second-order valence-electron chi connectivity index (χ2n) is 6.84. The predicted molar refractivity (Wildman–Crippen MR) is 85.2 cm³/mol. The van der Waals surface area contributed by atoms with Gasteiger partial charge in [0.15, 0.2) is 0 Å². The molecule has 1 heterocycles. The number of benzene rings is 1. The SMILES string of the molecule is CC1CNC(C(C)(C)C)CN1Cc1ccc(Br)cc1F. The molecule has 0 spiro atoms. The van der Waals surface area contributed by atoms with E-state index >= 15 is 0 Å². The lowest BCUT2D eigenvalue weighted by Gasteiger charge is -2.44. The first-order valence-electron chi connectivity index (χ1n) is 7.18. The summed E-state index contributed by atoms with van der Waals surface area (Å²) in [6.45, 7) is 11.5. The monoisotopic (exact) mass is 342 g/mol. The van der Waals surface area contributed by atoms with Crippen LogP contribution in [0.25, 0.3) is 0 Å². The highest BCUT2D eigenvalue weighted by atomic mass is 79.9. The zero-order valence-corrected chi connectivity index (χ0v) is 14.3. The van der Waals surface area contributed by atoms with Gasteiger partial charge in [0.25, 0.3) is 0 Å². The van der Waals surface area contributed by atoms with Crippen molar-refractivity contribution in [3.05, 3.63) is 34.1 Å². The van der Waals surface area contributed by atoms with Gasteiger partial charge < -0.3 is 5.32 Å². The van der Waals surface area contributed by atoms with Crippen LogP contribution in [-0.4, -0.2) is 30.1 Å². The van der Waals surface area contributed by atoms with Gasteiger partial charge >= 0.3 is 0 Å². The normalized spacial score (nSPS) is 24.9. The van der Waals surface area contributed by atoms with Crippen LogP contribution in [0.2, 0.25) is 0 Å². The molecule has 112 valence electrons. The number of rotatable bonds is 2. The highest BCUT2D eigenvalue weighted by Crippen LogP contribution is 2.25. The van der Waals surface area contributed by atoms with E-state index in [1.807, 2.05) is 12.1 Å². The first-order chi connectivity index (χ1) is 9.27. The van der Waals surface area contributed by atoms with Crippen LogP contribution in [0.4, 0.5) is 4.39 Å². The minimum atomic E-state index is -0.127. The van der Waals surface area contributed by atoms with Crippen LogP contribution < -0.4 is 5.32 Å². The molecule has 1 saturated heterocycles. The number of halogens is 2. The fraction of sp³-hybridized carbons (Fsp3) is 0.625. The van der Waals surface area contributed by atoms with Gasteiger partial charge in [0.2, 0.25) is 0 Å². The summed E-state index contributed by atoms with van der Waals surface area (Å²) in [5.41, 5.74) is 0.992. The largest absolute Gasteiger partial charge is 0.311 e. The van der Waals surface area contributed by atoms with Crippen LogP contribution in [-0.2, 0) is 6.54 Å². The second kappa shape index (κ2) is 6.12. The molecule has 0 aromatic heterocycles. The smallest absolute Gasteiger partial charge is 0.128 e. The quantitative estimate of drug-likeness (QED) is 0.879. The van der Waals surface area contributed by atoms with E-state index in [9.17, 15) is 4.39 Å². The molecule has 0 aliphatic carbocycles. The zero-order chi connectivity index (χ0) is 14.9. The van der Waals surface area contributed by atoms with Gasteiger partial charge in [0.05, 0.1) is 0 Å². The van der Waals surface area contributed by atoms with E-state index in [0.717, 1.165) is 23.1 Å². The number of piperazine rings is 1. The molecule has 4 heteroatoms.